The summed E-state index contributed by atoms with van der Waals surface area (Å²) in [6.07, 6.45) is 4.26. The van der Waals surface area contributed by atoms with E-state index in [0.717, 1.165) is 29.8 Å². The van der Waals surface area contributed by atoms with Crippen LogP contribution in [0.5, 0.6) is 11.8 Å². The van der Waals surface area contributed by atoms with Crippen LogP contribution in [0.25, 0.3) is 22.2 Å². The molecule has 1 aliphatic rings. The van der Waals surface area contributed by atoms with Crippen molar-refractivity contribution in [3.05, 3.63) is 24.7 Å². The molecule has 0 aliphatic heterocycles. The third kappa shape index (κ3) is 8.12. The molecule has 3 heterocycles. The Morgan fingerprint density at radius 3 is 2.65 bits per heavy atom. The van der Waals surface area contributed by atoms with Crippen LogP contribution in [-0.2, 0) is 11.5 Å². The second-order valence-electron chi connectivity index (χ2n) is 11.5. The first-order chi connectivity index (χ1) is 19.0. The SMILES string of the molecule is COc1ncnc(OC2CC2)c1-c1cn(COCC[Si](C)(C)C)c2nc(NC(=O)NCC(F)CN(C)C)ccc12. The Kier molecular flexibility index (Phi) is 9.58. The molecule has 1 fully saturated rings. The van der Waals surface area contributed by atoms with Crippen molar-refractivity contribution in [2.45, 2.75) is 57.5 Å². The normalized spacial score (nSPS) is 14.4. The van der Waals surface area contributed by atoms with Crippen molar-refractivity contribution in [2.75, 3.05) is 46.2 Å². The fourth-order valence-electron chi connectivity index (χ4n) is 4.07. The molecule has 218 valence electrons. The minimum Gasteiger partial charge on any atom is -0.480 e. The number of halogens is 1. The molecule has 11 nitrogen and oxygen atoms in total. The number of methoxy groups -OCH3 is 1. The summed E-state index contributed by atoms with van der Waals surface area (Å²) in [5.41, 5.74) is 2.02. The number of alkyl halides is 1. The Labute approximate surface area is 235 Å². The molecule has 0 aromatic carbocycles. The Morgan fingerprint density at radius 2 is 1.98 bits per heavy atom. The van der Waals surface area contributed by atoms with Crippen LogP contribution in [0.15, 0.2) is 24.7 Å². The van der Waals surface area contributed by atoms with Crippen LogP contribution in [0.1, 0.15) is 12.8 Å². The fraction of sp³-hybridized carbons (Fsp3) is 0.556. The molecule has 2 amide bonds. The van der Waals surface area contributed by atoms with Crippen molar-refractivity contribution in [3.63, 3.8) is 0 Å². The van der Waals surface area contributed by atoms with E-state index < -0.39 is 20.3 Å². The molecular weight excluding hydrogens is 533 g/mol. The van der Waals surface area contributed by atoms with E-state index in [1.165, 1.54) is 6.33 Å². The lowest BCUT2D eigenvalue weighted by Gasteiger charge is -2.16. The van der Waals surface area contributed by atoms with Gasteiger partial charge in [0.2, 0.25) is 11.8 Å². The maximum Gasteiger partial charge on any atom is 0.320 e. The number of carbonyl (C=O) groups is 1. The maximum atomic E-state index is 14.0. The van der Waals surface area contributed by atoms with Gasteiger partial charge >= 0.3 is 6.03 Å². The number of aromatic nitrogens is 4. The van der Waals surface area contributed by atoms with E-state index in [4.69, 9.17) is 19.2 Å². The van der Waals surface area contributed by atoms with Crippen LogP contribution in [0.4, 0.5) is 15.0 Å². The molecule has 2 N–H and O–H groups in total. The van der Waals surface area contributed by atoms with E-state index >= 15 is 0 Å². The number of urea groups is 1. The summed E-state index contributed by atoms with van der Waals surface area (Å²) in [7, 11) is 3.86. The van der Waals surface area contributed by atoms with Crippen LogP contribution in [0.2, 0.25) is 25.7 Å². The molecule has 1 saturated carbocycles. The average molecular weight is 574 g/mol. The van der Waals surface area contributed by atoms with E-state index in [1.807, 2.05) is 16.8 Å². The van der Waals surface area contributed by atoms with Crippen LogP contribution >= 0.6 is 0 Å². The molecule has 4 rings (SSSR count). The number of anilines is 1. The van der Waals surface area contributed by atoms with Gasteiger partial charge in [-0.05, 0) is 45.1 Å². The fourth-order valence-corrected chi connectivity index (χ4v) is 4.83. The molecule has 1 atom stereocenters. The largest absolute Gasteiger partial charge is 0.480 e. The highest BCUT2D eigenvalue weighted by atomic mass is 28.3. The Bertz CT molecular complexity index is 1310. The number of rotatable bonds is 14. The van der Waals surface area contributed by atoms with Gasteiger partial charge in [0.25, 0.3) is 0 Å². The van der Waals surface area contributed by atoms with Gasteiger partial charge in [0.05, 0.1) is 13.7 Å². The summed E-state index contributed by atoms with van der Waals surface area (Å²) in [6.45, 7) is 7.94. The third-order valence-electron chi connectivity index (χ3n) is 6.28. The number of pyridine rings is 1. The minimum absolute atomic E-state index is 0.102. The highest BCUT2D eigenvalue weighted by molar-refractivity contribution is 6.76. The molecule has 0 bridgehead atoms. The van der Waals surface area contributed by atoms with Crippen molar-refractivity contribution in [1.82, 2.24) is 29.7 Å². The highest BCUT2D eigenvalue weighted by Gasteiger charge is 2.29. The van der Waals surface area contributed by atoms with Crippen LogP contribution in [0, 0.1) is 0 Å². The number of amides is 2. The van der Waals surface area contributed by atoms with E-state index in [1.54, 1.807) is 32.2 Å². The minimum atomic E-state index is -1.26. The summed E-state index contributed by atoms with van der Waals surface area (Å²) in [5.74, 6) is 1.17. The summed E-state index contributed by atoms with van der Waals surface area (Å²) in [5, 5.41) is 6.07. The van der Waals surface area contributed by atoms with Gasteiger partial charge in [-0.3, -0.25) is 5.32 Å². The van der Waals surface area contributed by atoms with Crippen molar-refractivity contribution in [2.24, 2.45) is 0 Å². The maximum absolute atomic E-state index is 14.0. The molecule has 0 spiro atoms. The number of hydrogen-bond acceptors (Lipinski definition) is 8. The predicted molar refractivity (Wildman–Crippen MR) is 156 cm³/mol. The molecule has 13 heteroatoms. The third-order valence-corrected chi connectivity index (χ3v) is 7.99. The molecule has 3 aromatic rings. The molecule has 1 unspecified atom stereocenters. The Morgan fingerprint density at radius 1 is 1.23 bits per heavy atom. The van der Waals surface area contributed by atoms with Gasteiger partial charge in [0, 0.05) is 38.4 Å². The van der Waals surface area contributed by atoms with Crippen LogP contribution in [0.3, 0.4) is 0 Å². The van der Waals surface area contributed by atoms with Gasteiger partial charge < -0.3 is 29.0 Å². The highest BCUT2D eigenvalue weighted by Crippen LogP contribution is 2.42. The van der Waals surface area contributed by atoms with Crippen molar-refractivity contribution in [3.8, 4) is 22.9 Å². The number of nitrogens with one attached hydrogen (secondary N) is 2. The number of ether oxygens (including phenoxy) is 3. The van der Waals surface area contributed by atoms with Crippen molar-refractivity contribution in [1.29, 1.82) is 0 Å². The average Bonchev–Trinajstić information content (AvgIpc) is 3.63. The van der Waals surface area contributed by atoms with E-state index in [2.05, 4.69) is 40.2 Å². The summed E-state index contributed by atoms with van der Waals surface area (Å²) < 4.78 is 33.7. The molecule has 3 aromatic heterocycles. The topological polar surface area (TPSA) is 116 Å². The van der Waals surface area contributed by atoms with Gasteiger partial charge in [-0.25, -0.2) is 24.1 Å². The number of nitrogens with zero attached hydrogens (tertiary/aromatic N) is 5. The van der Waals surface area contributed by atoms with Crippen LogP contribution in [-0.4, -0.2) is 91.7 Å². The standard InChI is InChI=1S/C27H40FN7O4Si/c1-34(2)14-18(28)13-29-27(36)33-22-10-9-20-21(15-35(24(20)32-22)17-38-11-12-40(4,5)6)23-25(37-3)30-16-31-26(23)39-19-7-8-19/h9-10,15-16,18-19H,7-8,11-14,17H2,1-6H3,(H2,29,32,33,36). The lowest BCUT2D eigenvalue weighted by atomic mass is 10.1. The predicted octanol–water partition coefficient (Wildman–Crippen LogP) is 4.38. The van der Waals surface area contributed by atoms with Gasteiger partial charge in [0.1, 0.15) is 42.4 Å². The number of fused-ring (bicyclic) bond motifs is 1. The lowest BCUT2D eigenvalue weighted by Crippen LogP contribution is -2.37. The number of hydrogen-bond donors (Lipinski definition) is 2. The molecule has 1 aliphatic carbocycles. The van der Waals surface area contributed by atoms with Gasteiger partial charge in [-0.1, -0.05) is 19.6 Å². The monoisotopic (exact) mass is 573 g/mol. The second kappa shape index (κ2) is 12.9. The van der Waals surface area contributed by atoms with E-state index in [9.17, 15) is 9.18 Å². The Balaban J connectivity index is 1.63. The smallest absolute Gasteiger partial charge is 0.320 e. The quantitative estimate of drug-likeness (QED) is 0.216. The lowest BCUT2D eigenvalue weighted by molar-refractivity contribution is 0.0899. The Hall–Kier alpha value is -3.29. The molecule has 0 saturated heterocycles. The first kappa shape index (κ1) is 29.7. The zero-order valence-corrected chi connectivity index (χ0v) is 25.2. The van der Waals surface area contributed by atoms with Crippen LogP contribution < -0.4 is 20.1 Å². The van der Waals surface area contributed by atoms with Crippen molar-refractivity contribution >= 4 is 31.0 Å². The zero-order valence-electron chi connectivity index (χ0n) is 24.2. The molecule has 40 heavy (non-hydrogen) atoms. The second-order valence-corrected chi connectivity index (χ2v) is 17.1. The van der Waals surface area contributed by atoms with Gasteiger partial charge in [0.15, 0.2) is 0 Å². The van der Waals surface area contributed by atoms with Gasteiger partial charge in [-0.15, -0.1) is 0 Å². The van der Waals surface area contributed by atoms with E-state index in [-0.39, 0.29) is 25.9 Å². The van der Waals surface area contributed by atoms with Gasteiger partial charge in [-0.2, -0.15) is 0 Å². The molecular formula is C27H40FN7O4Si. The zero-order chi connectivity index (χ0) is 28.9. The summed E-state index contributed by atoms with van der Waals surface area (Å²) in [6, 6.07) is 4.06. The van der Waals surface area contributed by atoms with E-state index in [0.29, 0.717) is 35.4 Å². The molecule has 0 radical (unpaired) electrons. The summed E-state index contributed by atoms with van der Waals surface area (Å²) >= 11 is 0. The summed E-state index contributed by atoms with van der Waals surface area (Å²) in [4.78, 5) is 27.6. The number of carbonyl (C=O) groups excluding carboxylic acids is 1. The first-order valence-corrected chi connectivity index (χ1v) is 17.2. The van der Waals surface area contributed by atoms with Crippen molar-refractivity contribution < 1.29 is 23.4 Å². The first-order valence-electron chi connectivity index (χ1n) is 13.5.